The predicted molar refractivity (Wildman–Crippen MR) is 132 cm³/mol. The minimum Gasteiger partial charge on any atom is -0.507 e. The number of hydrogen-bond acceptors (Lipinski definition) is 6. The van der Waals surface area contributed by atoms with Crippen molar-refractivity contribution in [3.05, 3.63) is 94.0 Å². The Morgan fingerprint density at radius 2 is 1.85 bits per heavy atom. The lowest BCUT2D eigenvalue weighted by molar-refractivity contribution is -0.132. The molecular weight excluding hydrogens is 504 g/mol. The summed E-state index contributed by atoms with van der Waals surface area (Å²) in [6, 6.07) is 20.7. The molecule has 0 radical (unpaired) electrons. The summed E-state index contributed by atoms with van der Waals surface area (Å²) >= 11 is 4.76. The van der Waals surface area contributed by atoms with Crippen LogP contribution in [-0.2, 0) is 9.59 Å². The van der Waals surface area contributed by atoms with Crippen molar-refractivity contribution in [2.24, 2.45) is 0 Å². The summed E-state index contributed by atoms with van der Waals surface area (Å²) in [5.74, 6) is -1.03. The van der Waals surface area contributed by atoms with Crippen LogP contribution in [0.5, 0.6) is 5.75 Å². The van der Waals surface area contributed by atoms with E-state index in [9.17, 15) is 14.7 Å². The molecule has 0 bridgehead atoms. The van der Waals surface area contributed by atoms with Crippen molar-refractivity contribution in [1.82, 2.24) is 4.98 Å². The van der Waals surface area contributed by atoms with E-state index in [2.05, 4.69) is 20.9 Å². The molecule has 0 unspecified atom stereocenters. The zero-order valence-electron chi connectivity index (χ0n) is 17.4. The minimum atomic E-state index is -0.829. The third-order valence-corrected chi connectivity index (χ3v) is 6.96. The molecule has 1 N–H and O–H groups in total. The van der Waals surface area contributed by atoms with E-state index in [1.807, 2.05) is 42.5 Å². The number of rotatable bonds is 4. The molecular formula is C25H17BrN2O4S. The van der Waals surface area contributed by atoms with Crippen LogP contribution in [0.25, 0.3) is 16.0 Å². The maximum absolute atomic E-state index is 13.3. The van der Waals surface area contributed by atoms with Crippen molar-refractivity contribution in [3.8, 4) is 5.75 Å². The first-order chi connectivity index (χ1) is 16.0. The normalized spacial score (nSPS) is 17.6. The van der Waals surface area contributed by atoms with E-state index in [0.717, 1.165) is 9.17 Å². The highest BCUT2D eigenvalue weighted by atomic mass is 79.9. The number of halogens is 1. The van der Waals surface area contributed by atoms with Crippen LogP contribution in [0.4, 0.5) is 5.13 Å². The summed E-state index contributed by atoms with van der Waals surface area (Å²) in [6.45, 7) is 0. The van der Waals surface area contributed by atoms with Gasteiger partial charge in [-0.15, -0.1) is 0 Å². The van der Waals surface area contributed by atoms with Crippen LogP contribution in [0.2, 0.25) is 0 Å². The molecule has 6 nitrogen and oxygen atoms in total. The number of fused-ring (bicyclic) bond motifs is 1. The molecule has 0 spiro atoms. The van der Waals surface area contributed by atoms with Crippen molar-refractivity contribution in [1.29, 1.82) is 0 Å². The smallest absolute Gasteiger partial charge is 0.301 e. The van der Waals surface area contributed by atoms with Gasteiger partial charge in [-0.05, 0) is 35.9 Å². The van der Waals surface area contributed by atoms with Gasteiger partial charge in [-0.3, -0.25) is 14.5 Å². The first-order valence-electron chi connectivity index (χ1n) is 10.0. The summed E-state index contributed by atoms with van der Waals surface area (Å²) < 4.78 is 6.91. The number of anilines is 1. The number of aromatic nitrogens is 1. The molecule has 1 aromatic heterocycles. The molecule has 3 aromatic carbocycles. The monoisotopic (exact) mass is 520 g/mol. The van der Waals surface area contributed by atoms with Crippen LogP contribution in [0.15, 0.2) is 82.8 Å². The second-order valence-electron chi connectivity index (χ2n) is 7.42. The molecule has 1 fully saturated rings. The van der Waals surface area contributed by atoms with Gasteiger partial charge in [0, 0.05) is 10.0 Å². The fourth-order valence-corrected chi connectivity index (χ4v) is 5.33. The van der Waals surface area contributed by atoms with E-state index in [0.29, 0.717) is 27.5 Å². The Morgan fingerprint density at radius 3 is 2.58 bits per heavy atom. The first-order valence-corrected chi connectivity index (χ1v) is 11.7. The predicted octanol–water partition coefficient (Wildman–Crippen LogP) is 5.69. The molecule has 0 aliphatic carbocycles. The SMILES string of the molecule is COc1ccc2nc(N3C(=O)C(=O)/C(=C(/O)c4ccccc4)[C@H]3c3cccc(Br)c3)sc2c1. The number of ether oxygens (including phenoxy) is 1. The standard InChI is InChI=1S/C25H17BrN2O4S/c1-32-17-10-11-18-19(13-17)33-25(27-18)28-21(15-8-5-9-16(26)12-15)20(23(30)24(28)31)22(29)14-6-3-2-4-7-14/h2-13,21,29H,1H3/b22-20+/t21-/m1/s1. The number of carbonyl (C=O) groups is 2. The van der Waals surface area contributed by atoms with Crippen LogP contribution < -0.4 is 9.64 Å². The van der Waals surface area contributed by atoms with Crippen molar-refractivity contribution in [2.45, 2.75) is 6.04 Å². The Balaban J connectivity index is 1.73. The fourth-order valence-electron chi connectivity index (χ4n) is 3.90. The van der Waals surface area contributed by atoms with Crippen LogP contribution >= 0.6 is 27.3 Å². The highest BCUT2D eigenvalue weighted by Gasteiger charge is 2.48. The molecule has 5 rings (SSSR count). The zero-order valence-corrected chi connectivity index (χ0v) is 19.8. The number of ketones is 1. The summed E-state index contributed by atoms with van der Waals surface area (Å²) in [7, 11) is 1.58. The van der Waals surface area contributed by atoms with E-state index < -0.39 is 17.7 Å². The van der Waals surface area contributed by atoms with E-state index in [-0.39, 0.29) is 11.3 Å². The average molecular weight is 521 g/mol. The largest absolute Gasteiger partial charge is 0.507 e. The van der Waals surface area contributed by atoms with Crippen LogP contribution in [-0.4, -0.2) is 28.9 Å². The van der Waals surface area contributed by atoms with E-state index in [1.54, 1.807) is 37.4 Å². The molecule has 0 saturated carbocycles. The van der Waals surface area contributed by atoms with Gasteiger partial charge < -0.3 is 9.84 Å². The topological polar surface area (TPSA) is 79.7 Å². The van der Waals surface area contributed by atoms with Gasteiger partial charge >= 0.3 is 5.91 Å². The molecule has 4 aromatic rings. The highest BCUT2D eigenvalue weighted by Crippen LogP contribution is 2.44. The van der Waals surface area contributed by atoms with Gasteiger partial charge in [0.2, 0.25) is 0 Å². The van der Waals surface area contributed by atoms with E-state index in [1.165, 1.54) is 16.2 Å². The van der Waals surface area contributed by atoms with Gasteiger partial charge in [-0.2, -0.15) is 0 Å². The molecule has 164 valence electrons. The minimum absolute atomic E-state index is 0.0288. The maximum Gasteiger partial charge on any atom is 0.301 e. The fraction of sp³-hybridized carbons (Fsp3) is 0.0800. The van der Waals surface area contributed by atoms with Gasteiger partial charge in [-0.25, -0.2) is 4.98 Å². The first kappa shape index (κ1) is 21.4. The van der Waals surface area contributed by atoms with Crippen molar-refractivity contribution < 1.29 is 19.4 Å². The Bertz CT molecular complexity index is 1430. The molecule has 1 amide bonds. The van der Waals surface area contributed by atoms with Gasteiger partial charge in [0.25, 0.3) is 5.78 Å². The Morgan fingerprint density at radius 1 is 1.06 bits per heavy atom. The number of hydrogen-bond donors (Lipinski definition) is 1. The van der Waals surface area contributed by atoms with E-state index in [4.69, 9.17) is 4.74 Å². The van der Waals surface area contributed by atoms with E-state index >= 15 is 0 Å². The summed E-state index contributed by atoms with van der Waals surface area (Å²) in [6.07, 6.45) is 0. The number of Topliss-reactive ketones (excluding diaryl/α,β-unsaturated/α-hetero) is 1. The van der Waals surface area contributed by atoms with Gasteiger partial charge in [0.1, 0.15) is 11.5 Å². The lowest BCUT2D eigenvalue weighted by atomic mass is 9.95. The third-order valence-electron chi connectivity index (χ3n) is 5.45. The molecule has 1 aliphatic rings. The average Bonchev–Trinajstić information content (AvgIpc) is 3.37. The molecule has 33 heavy (non-hydrogen) atoms. The lowest BCUT2D eigenvalue weighted by Crippen LogP contribution is -2.29. The summed E-state index contributed by atoms with van der Waals surface area (Å²) in [5.41, 5.74) is 1.86. The number of aliphatic hydroxyl groups excluding tert-OH is 1. The molecule has 1 aliphatic heterocycles. The summed E-state index contributed by atoms with van der Waals surface area (Å²) in [4.78, 5) is 32.5. The summed E-state index contributed by atoms with van der Waals surface area (Å²) in [5, 5.41) is 11.5. The molecule has 8 heteroatoms. The Labute approximate surface area is 201 Å². The van der Waals surface area contributed by atoms with Crippen LogP contribution in [0, 0.1) is 0 Å². The quantitative estimate of drug-likeness (QED) is 0.212. The number of amides is 1. The number of benzene rings is 3. The maximum atomic E-state index is 13.3. The zero-order chi connectivity index (χ0) is 23.1. The number of thiazole rings is 1. The number of nitrogens with zero attached hydrogens (tertiary/aromatic N) is 2. The number of aliphatic hydroxyl groups is 1. The Kier molecular flexibility index (Phi) is 5.47. The van der Waals surface area contributed by atoms with Crippen molar-refractivity contribution in [2.75, 3.05) is 12.0 Å². The molecule has 1 saturated heterocycles. The van der Waals surface area contributed by atoms with Gasteiger partial charge in [0.05, 0.1) is 28.9 Å². The third kappa shape index (κ3) is 3.71. The van der Waals surface area contributed by atoms with Gasteiger partial charge in [0.15, 0.2) is 5.13 Å². The van der Waals surface area contributed by atoms with Crippen LogP contribution in [0.1, 0.15) is 17.2 Å². The second-order valence-corrected chi connectivity index (χ2v) is 9.34. The molecule has 1 atom stereocenters. The van der Waals surface area contributed by atoms with Crippen molar-refractivity contribution in [3.63, 3.8) is 0 Å². The van der Waals surface area contributed by atoms with Crippen LogP contribution in [0.3, 0.4) is 0 Å². The van der Waals surface area contributed by atoms with Gasteiger partial charge in [-0.1, -0.05) is 69.7 Å². The highest BCUT2D eigenvalue weighted by molar-refractivity contribution is 9.10. The number of methoxy groups -OCH3 is 1. The lowest BCUT2D eigenvalue weighted by Gasteiger charge is -2.23. The molecule has 2 heterocycles. The second kappa shape index (κ2) is 8.46. The van der Waals surface area contributed by atoms with Crippen molar-refractivity contribution >= 4 is 60.1 Å². The Hall–Kier alpha value is -3.49. The number of carbonyl (C=O) groups excluding carboxylic acids is 2.